The zero-order valence-electron chi connectivity index (χ0n) is 30.3. The van der Waals surface area contributed by atoms with Crippen LogP contribution in [0.4, 0.5) is 5.82 Å². The molecule has 2 aliphatic carbocycles. The van der Waals surface area contributed by atoms with E-state index in [0.717, 1.165) is 66.0 Å². The quantitative estimate of drug-likeness (QED) is 0.0506. The Morgan fingerprint density at radius 1 is 1.08 bits per heavy atom. The number of nitrogens with zero attached hydrogens (tertiary/aromatic N) is 1. The number of aromatic nitrogens is 1. The number of anilines is 1. The molecule has 6 rings (SSSR count). The molecule has 0 saturated heterocycles. The number of nitrogens with two attached hydrogens (primary N) is 2. The van der Waals surface area contributed by atoms with E-state index in [2.05, 4.69) is 57.0 Å². The number of aldehydes is 2. The lowest BCUT2D eigenvalue weighted by Gasteiger charge is -2.47. The van der Waals surface area contributed by atoms with Gasteiger partial charge >= 0.3 is 5.97 Å². The summed E-state index contributed by atoms with van der Waals surface area (Å²) in [6, 6.07) is 14.1. The third-order valence-corrected chi connectivity index (χ3v) is 11.6. The van der Waals surface area contributed by atoms with Gasteiger partial charge in [0.15, 0.2) is 5.96 Å². The summed E-state index contributed by atoms with van der Waals surface area (Å²) in [7, 11) is 0. The number of rotatable bonds is 19. The van der Waals surface area contributed by atoms with Crippen molar-refractivity contribution in [2.75, 3.05) is 18.5 Å². The van der Waals surface area contributed by atoms with Crippen LogP contribution < -0.4 is 22.1 Å². The maximum absolute atomic E-state index is 12.4. The lowest BCUT2D eigenvalue weighted by molar-refractivity contribution is -0.131. The molecule has 3 aliphatic rings. The summed E-state index contributed by atoms with van der Waals surface area (Å²) < 4.78 is 0. The molecule has 0 saturated carbocycles. The fraction of sp³-hybridized carbons (Fsp3) is 0.476. The smallest absolute Gasteiger partial charge is 0.328 e. The van der Waals surface area contributed by atoms with Crippen LogP contribution in [-0.2, 0) is 27.2 Å². The van der Waals surface area contributed by atoms with Gasteiger partial charge in [0.05, 0.1) is 12.1 Å². The Kier molecular flexibility index (Phi) is 12.8. The zero-order chi connectivity index (χ0) is 37.3. The van der Waals surface area contributed by atoms with Crippen LogP contribution in [0.5, 0.6) is 0 Å². The van der Waals surface area contributed by atoms with Crippen molar-refractivity contribution in [1.82, 2.24) is 10.3 Å². The zero-order valence-corrected chi connectivity index (χ0v) is 30.3. The summed E-state index contributed by atoms with van der Waals surface area (Å²) in [4.78, 5) is 43.0. The highest BCUT2D eigenvalue weighted by molar-refractivity contribution is 5.86. The van der Waals surface area contributed by atoms with Crippen LogP contribution in [0.1, 0.15) is 74.0 Å². The molecule has 2 bridgehead atoms. The van der Waals surface area contributed by atoms with Crippen molar-refractivity contribution < 1.29 is 24.6 Å². The number of hydrogen-bond donors (Lipinski definition) is 7. The SMILES string of the molecule is NC1=NCCC(C(=CC(=O)O)C(CC2C3C=CC(CCC(N)CCC(C=O)CCCO)C2c2cc4cc(CC=O)ccc4cc2C3)Nc2ccc[nH]2)N1. The second-order valence-electron chi connectivity index (χ2n) is 15.1. The molecule has 53 heavy (non-hydrogen) atoms. The maximum Gasteiger partial charge on any atom is 0.328 e. The topological polar surface area (TPSA) is 196 Å². The number of guanidine groups is 1. The maximum atomic E-state index is 12.4. The first kappa shape index (κ1) is 38.0. The Morgan fingerprint density at radius 3 is 2.68 bits per heavy atom. The summed E-state index contributed by atoms with van der Waals surface area (Å²) in [6.07, 6.45) is 16.9. The number of fused-ring (bicyclic) bond motifs is 5. The van der Waals surface area contributed by atoms with Gasteiger partial charge < -0.3 is 46.9 Å². The third-order valence-electron chi connectivity index (χ3n) is 11.6. The number of carboxylic acids is 1. The van der Waals surface area contributed by atoms with Crippen LogP contribution in [0.2, 0.25) is 0 Å². The summed E-state index contributed by atoms with van der Waals surface area (Å²) in [5.74, 6) is 0.799. The van der Waals surface area contributed by atoms with Crippen LogP contribution in [-0.4, -0.2) is 71.0 Å². The van der Waals surface area contributed by atoms with E-state index < -0.39 is 5.97 Å². The molecule has 8 unspecified atom stereocenters. The minimum Gasteiger partial charge on any atom is -0.478 e. The van der Waals surface area contributed by atoms with Gasteiger partial charge in [-0.15, -0.1) is 0 Å². The fourth-order valence-corrected chi connectivity index (χ4v) is 9.00. The molecule has 3 aromatic rings. The molecule has 1 aliphatic heterocycles. The van der Waals surface area contributed by atoms with Gasteiger partial charge in [0.1, 0.15) is 18.4 Å². The number of carboxylic acid groups (broad SMARTS) is 1. The molecule has 1 aromatic heterocycles. The largest absolute Gasteiger partial charge is 0.478 e. The molecule has 0 spiro atoms. The van der Waals surface area contributed by atoms with Crippen molar-refractivity contribution in [3.63, 3.8) is 0 Å². The number of carbonyl (C=O) groups is 3. The summed E-state index contributed by atoms with van der Waals surface area (Å²) in [5, 5.41) is 28.6. The molecule has 8 atom stereocenters. The first-order valence-electron chi connectivity index (χ1n) is 19.2. The number of aliphatic hydroxyl groups is 1. The van der Waals surface area contributed by atoms with Crippen LogP contribution in [0.25, 0.3) is 10.8 Å². The van der Waals surface area contributed by atoms with Gasteiger partial charge in [-0.05, 0) is 127 Å². The van der Waals surface area contributed by atoms with Crippen molar-refractivity contribution >= 4 is 41.1 Å². The predicted octanol–water partition coefficient (Wildman–Crippen LogP) is 5.00. The Balaban J connectivity index is 1.34. The fourth-order valence-electron chi connectivity index (χ4n) is 9.00. The number of aliphatic imine (C=N–C) groups is 1. The van der Waals surface area contributed by atoms with Gasteiger partial charge in [0.25, 0.3) is 0 Å². The Bertz CT molecular complexity index is 1820. The van der Waals surface area contributed by atoms with Gasteiger partial charge in [-0.25, -0.2) is 4.79 Å². The number of hydrogen-bond acceptors (Lipinski definition) is 9. The van der Waals surface area contributed by atoms with Crippen LogP contribution >= 0.6 is 0 Å². The number of nitrogens with one attached hydrogen (secondary N) is 3. The number of aliphatic hydroxyl groups excluding tert-OH is 1. The van der Waals surface area contributed by atoms with E-state index in [1.807, 2.05) is 24.4 Å². The number of allylic oxidation sites excluding steroid dienone is 2. The number of benzene rings is 2. The number of H-pyrrole nitrogens is 1. The number of carbonyl (C=O) groups excluding carboxylic acids is 2. The van der Waals surface area contributed by atoms with E-state index in [1.165, 1.54) is 17.2 Å². The van der Waals surface area contributed by atoms with Crippen LogP contribution in [0, 0.1) is 23.7 Å². The van der Waals surface area contributed by atoms with E-state index in [9.17, 15) is 24.6 Å². The van der Waals surface area contributed by atoms with E-state index in [1.54, 1.807) is 0 Å². The molecule has 9 N–H and O–H groups in total. The van der Waals surface area contributed by atoms with Gasteiger partial charge in [-0.3, -0.25) is 4.99 Å². The highest BCUT2D eigenvalue weighted by Gasteiger charge is 2.44. The molecule has 2 heterocycles. The van der Waals surface area contributed by atoms with Crippen molar-refractivity contribution in [3.8, 4) is 0 Å². The van der Waals surface area contributed by atoms with Gasteiger partial charge in [0.2, 0.25) is 0 Å². The normalized spacial score (nSPS) is 24.0. The van der Waals surface area contributed by atoms with Gasteiger partial charge in [-0.1, -0.05) is 42.5 Å². The highest BCUT2D eigenvalue weighted by atomic mass is 16.4. The molecule has 2 aromatic carbocycles. The predicted molar refractivity (Wildman–Crippen MR) is 209 cm³/mol. The van der Waals surface area contributed by atoms with E-state index in [4.69, 9.17) is 11.5 Å². The first-order chi connectivity index (χ1) is 25.8. The highest BCUT2D eigenvalue weighted by Crippen LogP contribution is 2.52. The van der Waals surface area contributed by atoms with E-state index in [-0.39, 0.29) is 54.3 Å². The van der Waals surface area contributed by atoms with Gasteiger partial charge in [-0.2, -0.15) is 0 Å². The summed E-state index contributed by atoms with van der Waals surface area (Å²) >= 11 is 0. The Morgan fingerprint density at radius 2 is 1.94 bits per heavy atom. The molecule has 11 nitrogen and oxygen atoms in total. The number of aromatic amines is 1. The average molecular weight is 723 g/mol. The second kappa shape index (κ2) is 17.9. The first-order valence-corrected chi connectivity index (χ1v) is 19.2. The van der Waals surface area contributed by atoms with Crippen LogP contribution in [0.3, 0.4) is 0 Å². The lowest BCUT2D eigenvalue weighted by atomic mass is 9.58. The van der Waals surface area contributed by atoms with Crippen molar-refractivity contribution in [2.24, 2.45) is 40.1 Å². The molecular formula is C42H54N6O5. The molecule has 11 heteroatoms. The minimum atomic E-state index is -1.01. The Hall–Kier alpha value is -4.74. The van der Waals surface area contributed by atoms with Crippen LogP contribution in [0.15, 0.2) is 77.5 Å². The third kappa shape index (κ3) is 9.44. The second-order valence-corrected chi connectivity index (χ2v) is 15.1. The Labute approximate surface area is 311 Å². The van der Waals surface area contributed by atoms with Crippen molar-refractivity contribution in [1.29, 1.82) is 0 Å². The van der Waals surface area contributed by atoms with E-state index in [0.29, 0.717) is 51.0 Å². The number of aliphatic carboxylic acids is 1. The summed E-state index contributed by atoms with van der Waals surface area (Å²) in [5.41, 5.74) is 17.2. The molecule has 0 radical (unpaired) electrons. The standard InChI is InChI=1S/C42H54N6O5/c43-33(11-6-27(25-51)3-2-17-49)12-10-28-8-9-30-21-32-20-29-7-5-26(14-18-50)19-31(29)22-34(32)41(28)35(30)23-38(47-39-4-1-15-45-39)36(24-40(52)53)37-13-16-46-42(44)48-37/h1,4-5,7-9,15,18-20,22,24-25,27-28,30,33,35,37-38,41,45,47,49H,2-3,6,10-14,16-17,21,23,43H2,(H,52,53)(H3,44,46,48). The minimum absolute atomic E-state index is 0.0568. The monoisotopic (exact) mass is 722 g/mol. The van der Waals surface area contributed by atoms with Crippen molar-refractivity contribution in [3.05, 3.63) is 89.2 Å². The molecular weight excluding hydrogens is 668 g/mol. The summed E-state index contributed by atoms with van der Waals surface area (Å²) in [6.45, 7) is 0.592. The van der Waals surface area contributed by atoms with Gasteiger partial charge in [0, 0.05) is 43.8 Å². The lowest BCUT2D eigenvalue weighted by Crippen LogP contribution is -2.49. The van der Waals surface area contributed by atoms with Crippen molar-refractivity contribution in [2.45, 2.75) is 88.3 Å². The van der Waals surface area contributed by atoms with E-state index >= 15 is 0 Å². The molecule has 0 fully saturated rings. The molecule has 0 amide bonds. The average Bonchev–Trinajstić information content (AvgIpc) is 3.66. The molecule has 282 valence electrons.